The highest BCUT2D eigenvalue weighted by Gasteiger charge is 2.05. The molecule has 2 aromatic rings. The molecule has 0 amide bonds. The third-order valence-electron chi connectivity index (χ3n) is 3.13. The smallest absolute Gasteiger partial charge is 0.122 e. The van der Waals surface area contributed by atoms with E-state index in [0.29, 0.717) is 24.8 Å². The zero-order valence-corrected chi connectivity index (χ0v) is 12.9. The fourth-order valence-electron chi connectivity index (χ4n) is 2.06. The molecular weight excluding hydrogens is 286 g/mol. The molecule has 0 radical (unpaired) electrons. The molecule has 0 heterocycles. The van der Waals surface area contributed by atoms with Crippen LogP contribution in [0.4, 0.5) is 0 Å². The van der Waals surface area contributed by atoms with Crippen molar-refractivity contribution in [1.82, 2.24) is 0 Å². The van der Waals surface area contributed by atoms with E-state index in [2.05, 4.69) is 0 Å². The average molecular weight is 306 g/mol. The van der Waals surface area contributed by atoms with Gasteiger partial charge >= 0.3 is 0 Å². The molecule has 0 bridgehead atoms. The highest BCUT2D eigenvalue weighted by Crippen LogP contribution is 2.23. The Hall–Kier alpha value is -1.71. The van der Waals surface area contributed by atoms with Gasteiger partial charge in [0.1, 0.15) is 24.7 Å². The second-order valence-electron chi connectivity index (χ2n) is 4.75. The normalized spacial score (nSPS) is 10.4. The second-order valence-corrected chi connectivity index (χ2v) is 5.19. The summed E-state index contributed by atoms with van der Waals surface area (Å²) in [6, 6.07) is 13.5. The van der Waals surface area contributed by atoms with E-state index in [4.69, 9.17) is 26.8 Å². The molecule has 2 rings (SSSR count). The summed E-state index contributed by atoms with van der Waals surface area (Å²) in [6.07, 6.45) is 0.745. The van der Waals surface area contributed by atoms with Gasteiger partial charge in [-0.15, -0.1) is 0 Å². The van der Waals surface area contributed by atoms with Crippen molar-refractivity contribution >= 4 is 11.6 Å². The van der Waals surface area contributed by atoms with Crippen LogP contribution >= 0.6 is 11.6 Å². The van der Waals surface area contributed by atoms with E-state index < -0.39 is 0 Å². The van der Waals surface area contributed by atoms with Crippen molar-refractivity contribution in [3.8, 4) is 11.5 Å². The van der Waals surface area contributed by atoms with Gasteiger partial charge in [-0.1, -0.05) is 29.8 Å². The summed E-state index contributed by atoms with van der Waals surface area (Å²) < 4.78 is 11.5. The first kappa shape index (κ1) is 15.7. The van der Waals surface area contributed by atoms with Gasteiger partial charge in [-0.2, -0.15) is 0 Å². The first-order chi connectivity index (χ1) is 10.2. The Bertz CT molecular complexity index is 587. The Labute approximate surface area is 130 Å². The minimum Gasteiger partial charge on any atom is -0.490 e. The van der Waals surface area contributed by atoms with E-state index in [1.165, 1.54) is 0 Å². The van der Waals surface area contributed by atoms with Crippen LogP contribution in [0, 0.1) is 6.92 Å². The standard InChI is InChI=1S/C17H20ClNO2/c1-13-4-2-3-5-16(13)20-10-11-21-17-7-6-15(18)12-14(17)8-9-19/h2-7,12H,8-11,19H2,1H3. The number of nitrogens with two attached hydrogens (primary N) is 1. The maximum absolute atomic E-state index is 5.99. The fraction of sp³-hybridized carbons (Fsp3) is 0.294. The summed E-state index contributed by atoms with van der Waals surface area (Å²) >= 11 is 5.99. The Morgan fingerprint density at radius 1 is 1.00 bits per heavy atom. The summed E-state index contributed by atoms with van der Waals surface area (Å²) in [7, 11) is 0. The molecule has 0 aromatic heterocycles. The van der Waals surface area contributed by atoms with Gasteiger partial charge in [-0.25, -0.2) is 0 Å². The molecule has 0 saturated carbocycles. The second kappa shape index (κ2) is 7.91. The van der Waals surface area contributed by atoms with Crippen molar-refractivity contribution in [3.63, 3.8) is 0 Å². The van der Waals surface area contributed by atoms with Crippen LogP contribution in [0.1, 0.15) is 11.1 Å². The lowest BCUT2D eigenvalue weighted by Gasteiger charge is -2.13. The summed E-state index contributed by atoms with van der Waals surface area (Å²) in [4.78, 5) is 0. The van der Waals surface area contributed by atoms with Crippen LogP contribution in [0.15, 0.2) is 42.5 Å². The van der Waals surface area contributed by atoms with Gasteiger partial charge in [-0.05, 0) is 55.3 Å². The van der Waals surface area contributed by atoms with Crippen LogP contribution < -0.4 is 15.2 Å². The first-order valence-corrected chi connectivity index (χ1v) is 7.38. The number of benzene rings is 2. The van der Waals surface area contributed by atoms with Gasteiger partial charge in [0.05, 0.1) is 0 Å². The molecule has 4 heteroatoms. The van der Waals surface area contributed by atoms with Gasteiger partial charge in [0, 0.05) is 5.02 Å². The van der Waals surface area contributed by atoms with Crippen LogP contribution in [-0.4, -0.2) is 19.8 Å². The van der Waals surface area contributed by atoms with Gasteiger partial charge in [0.25, 0.3) is 0 Å². The lowest BCUT2D eigenvalue weighted by atomic mass is 10.1. The molecule has 0 aliphatic rings. The SMILES string of the molecule is Cc1ccccc1OCCOc1ccc(Cl)cc1CCN. The van der Waals surface area contributed by atoms with Crippen molar-refractivity contribution in [2.24, 2.45) is 5.73 Å². The van der Waals surface area contributed by atoms with Crippen molar-refractivity contribution in [3.05, 3.63) is 58.6 Å². The topological polar surface area (TPSA) is 44.5 Å². The molecule has 0 saturated heterocycles. The van der Waals surface area contributed by atoms with Gasteiger partial charge < -0.3 is 15.2 Å². The first-order valence-electron chi connectivity index (χ1n) is 7.00. The number of rotatable bonds is 7. The monoisotopic (exact) mass is 305 g/mol. The van der Waals surface area contributed by atoms with Crippen LogP contribution in [0.3, 0.4) is 0 Å². The molecule has 21 heavy (non-hydrogen) atoms. The van der Waals surface area contributed by atoms with Crippen LogP contribution in [-0.2, 0) is 6.42 Å². The van der Waals surface area contributed by atoms with Crippen LogP contribution in [0.25, 0.3) is 0 Å². The lowest BCUT2D eigenvalue weighted by Crippen LogP contribution is -2.11. The molecule has 112 valence electrons. The molecule has 2 aromatic carbocycles. The van der Waals surface area contributed by atoms with Crippen molar-refractivity contribution in [2.45, 2.75) is 13.3 Å². The molecule has 0 aliphatic carbocycles. The molecule has 0 unspecified atom stereocenters. The molecule has 0 fully saturated rings. The maximum atomic E-state index is 5.99. The predicted molar refractivity (Wildman–Crippen MR) is 86.4 cm³/mol. The van der Waals surface area contributed by atoms with Crippen molar-refractivity contribution < 1.29 is 9.47 Å². The zero-order valence-electron chi connectivity index (χ0n) is 12.1. The predicted octanol–water partition coefficient (Wildman–Crippen LogP) is 3.61. The number of ether oxygens (including phenoxy) is 2. The minimum atomic E-state index is 0.480. The Balaban J connectivity index is 1.87. The van der Waals surface area contributed by atoms with Crippen molar-refractivity contribution in [2.75, 3.05) is 19.8 Å². The third kappa shape index (κ3) is 4.66. The summed E-state index contributed by atoms with van der Waals surface area (Å²) in [5, 5.41) is 0.696. The number of para-hydroxylation sites is 1. The van der Waals surface area contributed by atoms with E-state index in [1.807, 2.05) is 49.4 Å². The van der Waals surface area contributed by atoms with E-state index >= 15 is 0 Å². The van der Waals surface area contributed by atoms with Crippen LogP contribution in [0.5, 0.6) is 11.5 Å². The number of hydrogen-bond donors (Lipinski definition) is 1. The van der Waals surface area contributed by atoms with E-state index in [1.54, 1.807) is 0 Å². The fourth-order valence-corrected chi connectivity index (χ4v) is 2.26. The van der Waals surface area contributed by atoms with E-state index in [-0.39, 0.29) is 0 Å². The van der Waals surface area contributed by atoms with Gasteiger partial charge in [-0.3, -0.25) is 0 Å². The summed E-state index contributed by atoms with van der Waals surface area (Å²) in [5.41, 5.74) is 7.75. The molecule has 0 atom stereocenters. The average Bonchev–Trinajstić information content (AvgIpc) is 2.47. The molecule has 2 N–H and O–H groups in total. The Morgan fingerprint density at radius 2 is 1.71 bits per heavy atom. The molecular formula is C17H20ClNO2. The highest BCUT2D eigenvalue weighted by atomic mass is 35.5. The zero-order chi connectivity index (χ0) is 15.1. The minimum absolute atomic E-state index is 0.480. The van der Waals surface area contributed by atoms with Gasteiger partial charge in [0.2, 0.25) is 0 Å². The summed E-state index contributed by atoms with van der Waals surface area (Å²) in [6.45, 7) is 3.56. The Kier molecular flexibility index (Phi) is 5.90. The molecule has 0 aliphatic heterocycles. The number of halogens is 1. The van der Waals surface area contributed by atoms with E-state index in [9.17, 15) is 0 Å². The number of aryl methyl sites for hydroxylation is 1. The molecule has 0 spiro atoms. The van der Waals surface area contributed by atoms with E-state index in [0.717, 1.165) is 29.0 Å². The summed E-state index contributed by atoms with van der Waals surface area (Å²) in [5.74, 6) is 1.71. The number of hydrogen-bond acceptors (Lipinski definition) is 3. The maximum Gasteiger partial charge on any atom is 0.122 e. The third-order valence-corrected chi connectivity index (χ3v) is 3.36. The molecule has 3 nitrogen and oxygen atoms in total. The van der Waals surface area contributed by atoms with Crippen LogP contribution in [0.2, 0.25) is 5.02 Å². The lowest BCUT2D eigenvalue weighted by molar-refractivity contribution is 0.215. The van der Waals surface area contributed by atoms with Gasteiger partial charge in [0.15, 0.2) is 0 Å². The highest BCUT2D eigenvalue weighted by molar-refractivity contribution is 6.30. The largest absolute Gasteiger partial charge is 0.490 e. The quantitative estimate of drug-likeness (QED) is 0.795. The van der Waals surface area contributed by atoms with Crippen molar-refractivity contribution in [1.29, 1.82) is 0 Å². The Morgan fingerprint density at radius 3 is 2.43 bits per heavy atom.